The first-order valence-electron chi connectivity index (χ1n) is 2.96. The SMILES string of the molecule is O=P([O-])([O-])OP(=O)([O-])O.O=P([O-])([O-])OP(=O)([O-])O.[Mg+2].[Mg+2].[Mg+2]. The largest absolute Gasteiger partial charge is 2.00 e. The summed E-state index contributed by atoms with van der Waals surface area (Å²) in [6, 6.07) is 0. The summed E-state index contributed by atoms with van der Waals surface area (Å²) in [7, 11) is -22.1. The molecule has 0 aromatic carbocycles. The zero-order valence-electron chi connectivity index (χ0n) is 9.70. The Morgan fingerprint density at radius 3 is 0.714 bits per heavy atom. The minimum atomic E-state index is -5.61. The number of phosphoric acid groups is 4. The number of hydrogen-bond donors (Lipinski definition) is 2. The molecule has 0 aliphatic carbocycles. The second-order valence-corrected chi connectivity index (χ2v) is 6.96. The Kier molecular flexibility index (Phi) is 21.8. The van der Waals surface area contributed by atoms with E-state index in [1.54, 1.807) is 0 Å². The first-order valence-corrected chi connectivity index (χ1v) is 8.87. The molecule has 0 rings (SSSR count). The van der Waals surface area contributed by atoms with Crippen molar-refractivity contribution in [2.75, 3.05) is 0 Å². The normalized spacial score (nSPS) is 16.4. The second kappa shape index (κ2) is 13.1. The van der Waals surface area contributed by atoms with Crippen LogP contribution in [-0.4, -0.2) is 78.9 Å². The predicted octanol–water partition coefficient (Wildman–Crippen LogP) is -6.56. The van der Waals surface area contributed by atoms with Crippen LogP contribution in [0.4, 0.5) is 0 Å². The molecule has 0 radical (unpaired) electrons. The molecule has 0 aromatic heterocycles. The molecule has 0 amide bonds. The molecule has 2 N–H and O–H groups in total. The molecule has 21 heteroatoms. The van der Waals surface area contributed by atoms with E-state index in [9.17, 15) is 47.6 Å². The van der Waals surface area contributed by atoms with Crippen LogP contribution in [0.25, 0.3) is 0 Å². The number of hydrogen-bond acceptors (Lipinski definition) is 12. The fourth-order valence-corrected chi connectivity index (χ4v) is 2.27. The van der Waals surface area contributed by atoms with Crippen molar-refractivity contribution >= 4 is 100 Å². The van der Waals surface area contributed by atoms with Crippen molar-refractivity contribution in [3.05, 3.63) is 0 Å². The van der Waals surface area contributed by atoms with Gasteiger partial charge in [-0.2, -0.15) is 0 Å². The first-order chi connectivity index (χ1) is 7.41. The zero-order valence-corrected chi connectivity index (χ0v) is 17.5. The van der Waals surface area contributed by atoms with E-state index >= 15 is 0 Å². The van der Waals surface area contributed by atoms with Crippen LogP contribution in [0.1, 0.15) is 0 Å². The van der Waals surface area contributed by atoms with E-state index in [0.717, 1.165) is 0 Å². The molecular weight excluding hydrogens is 421 g/mol. The van der Waals surface area contributed by atoms with Gasteiger partial charge in [-0.1, -0.05) is 0 Å². The predicted molar refractivity (Wildman–Crippen MR) is 54.3 cm³/mol. The van der Waals surface area contributed by atoms with E-state index in [2.05, 4.69) is 8.62 Å². The maximum atomic E-state index is 9.44. The van der Waals surface area contributed by atoms with Gasteiger partial charge in [0.05, 0.1) is 15.6 Å². The Balaban J connectivity index is -0.0000000711. The fraction of sp³-hybridized carbons (Fsp3) is 0. The van der Waals surface area contributed by atoms with Gasteiger partial charge in [-0.3, -0.25) is 17.8 Å². The van der Waals surface area contributed by atoms with Gasteiger partial charge in [0, 0.05) is 0 Å². The minimum absolute atomic E-state index is 0. The Morgan fingerprint density at radius 2 is 0.714 bits per heavy atom. The molecule has 0 fully saturated rings. The third-order valence-corrected chi connectivity index (χ3v) is 3.66. The third-order valence-electron chi connectivity index (χ3n) is 0.406. The van der Waals surface area contributed by atoms with Crippen LogP contribution in [0.2, 0.25) is 0 Å². The van der Waals surface area contributed by atoms with E-state index in [1.807, 2.05) is 0 Å². The van der Waals surface area contributed by atoms with Gasteiger partial charge in [0.2, 0.25) is 0 Å². The van der Waals surface area contributed by atoms with Gasteiger partial charge in [-0.15, -0.1) is 0 Å². The van der Waals surface area contributed by atoms with Gasteiger partial charge in [0.25, 0.3) is 15.6 Å². The monoisotopic (exact) mass is 422 g/mol. The van der Waals surface area contributed by atoms with Crippen molar-refractivity contribution in [1.82, 2.24) is 0 Å². The molecule has 0 spiro atoms. The van der Waals surface area contributed by atoms with Gasteiger partial charge < -0.3 is 48.3 Å². The molecule has 0 bridgehead atoms. The van der Waals surface area contributed by atoms with Crippen molar-refractivity contribution < 1.29 is 66.0 Å². The van der Waals surface area contributed by atoms with Crippen molar-refractivity contribution in [3.8, 4) is 0 Å². The maximum Gasteiger partial charge on any atom is 2.00 e. The quantitative estimate of drug-likeness (QED) is 0.315. The van der Waals surface area contributed by atoms with Crippen LogP contribution in [0, 0.1) is 0 Å². The summed E-state index contributed by atoms with van der Waals surface area (Å²) in [6.45, 7) is 0. The first kappa shape index (κ1) is 35.0. The summed E-state index contributed by atoms with van der Waals surface area (Å²) in [4.78, 5) is 71.4. The Hall–Kier alpha value is 2.82. The molecule has 14 nitrogen and oxygen atoms in total. The Morgan fingerprint density at radius 1 is 0.571 bits per heavy atom. The smallest absolute Gasteiger partial charge is 0.790 e. The van der Waals surface area contributed by atoms with E-state index in [0.29, 0.717) is 0 Å². The molecule has 0 aliphatic rings. The van der Waals surface area contributed by atoms with Crippen LogP contribution in [-0.2, 0) is 26.9 Å². The van der Waals surface area contributed by atoms with Crippen molar-refractivity contribution in [1.29, 1.82) is 0 Å². The van der Waals surface area contributed by atoms with E-state index in [4.69, 9.17) is 9.79 Å². The van der Waals surface area contributed by atoms with Gasteiger partial charge in [0.15, 0.2) is 0 Å². The molecule has 0 aromatic rings. The van der Waals surface area contributed by atoms with Gasteiger partial charge in [-0.05, 0) is 0 Å². The molecule has 0 heterocycles. The summed E-state index contributed by atoms with van der Waals surface area (Å²) in [5, 5.41) is 0. The molecular formula is H2Mg3O14P4. The molecule has 2 unspecified atom stereocenters. The summed E-state index contributed by atoms with van der Waals surface area (Å²) in [5.74, 6) is 0. The van der Waals surface area contributed by atoms with E-state index in [1.165, 1.54) is 0 Å². The Labute approximate surface area is 165 Å². The summed E-state index contributed by atoms with van der Waals surface area (Å²) >= 11 is 0. The molecule has 0 aliphatic heterocycles. The molecule has 21 heavy (non-hydrogen) atoms. The van der Waals surface area contributed by atoms with Crippen LogP contribution < -0.4 is 29.4 Å². The Bertz CT molecular complexity index is 349. The van der Waals surface area contributed by atoms with E-state index in [-0.39, 0.29) is 69.2 Å². The van der Waals surface area contributed by atoms with Crippen molar-refractivity contribution in [2.24, 2.45) is 0 Å². The number of rotatable bonds is 4. The summed E-state index contributed by atoms with van der Waals surface area (Å²) in [5.41, 5.74) is 0. The third kappa shape index (κ3) is 45.0. The van der Waals surface area contributed by atoms with Crippen molar-refractivity contribution in [3.63, 3.8) is 0 Å². The second-order valence-electron chi connectivity index (χ2n) is 1.99. The van der Waals surface area contributed by atoms with Crippen LogP contribution in [0.3, 0.4) is 0 Å². The van der Waals surface area contributed by atoms with Crippen LogP contribution in [0.5, 0.6) is 0 Å². The molecule has 112 valence electrons. The minimum Gasteiger partial charge on any atom is -0.790 e. The average molecular weight is 423 g/mol. The van der Waals surface area contributed by atoms with Crippen LogP contribution >= 0.6 is 31.3 Å². The van der Waals surface area contributed by atoms with Crippen molar-refractivity contribution in [2.45, 2.75) is 0 Å². The molecule has 0 saturated heterocycles. The topological polar surface area (TPSA) is 266 Å². The maximum absolute atomic E-state index is 9.44. The molecule has 2 atom stereocenters. The summed E-state index contributed by atoms with van der Waals surface area (Å²) < 4.78 is 42.9. The summed E-state index contributed by atoms with van der Waals surface area (Å²) in [6.07, 6.45) is 0. The van der Waals surface area contributed by atoms with Gasteiger partial charge in [0.1, 0.15) is 0 Å². The van der Waals surface area contributed by atoms with Gasteiger partial charge >= 0.3 is 69.2 Å². The van der Waals surface area contributed by atoms with E-state index < -0.39 is 31.3 Å². The van der Waals surface area contributed by atoms with Gasteiger partial charge in [-0.25, -0.2) is 0 Å². The fourth-order valence-electron chi connectivity index (χ4n) is 0.253. The molecule has 0 saturated carbocycles. The van der Waals surface area contributed by atoms with Crippen LogP contribution in [0.15, 0.2) is 0 Å². The standard InChI is InChI=1S/3Mg.2H4O7P2/c;;;2*1-8(2,3)7-9(4,5)6/h;;;2*(H2,1,2,3)(H2,4,5,6)/q3*+2;;/p-6. The zero-order chi connectivity index (χ0) is 15.4. The average Bonchev–Trinajstić information content (AvgIpc) is 1.64.